The lowest BCUT2D eigenvalue weighted by atomic mass is 10.0. The highest BCUT2D eigenvalue weighted by Crippen LogP contribution is 2.06. The van der Waals surface area contributed by atoms with Crippen molar-refractivity contribution in [1.29, 1.82) is 0 Å². The van der Waals surface area contributed by atoms with Crippen molar-refractivity contribution in [2.75, 3.05) is 26.2 Å². The monoisotopic (exact) mass is 614 g/mol. The van der Waals surface area contributed by atoms with E-state index in [4.69, 9.17) is 15.7 Å². The van der Waals surface area contributed by atoms with E-state index in [9.17, 15) is 38.4 Å². The van der Waals surface area contributed by atoms with E-state index >= 15 is 0 Å². The number of hydroxylamine groups is 1. The molecule has 1 rings (SSSR count). The molecular formula is C25H42N8O10. The number of hydrogen-bond donors (Lipinski definition) is 9. The summed E-state index contributed by atoms with van der Waals surface area (Å²) in [6, 6.07) is -4.94. The summed E-state index contributed by atoms with van der Waals surface area (Å²) < 4.78 is 0. The normalized spacial score (nSPS) is 24.2. The first-order valence-corrected chi connectivity index (χ1v) is 13.8. The van der Waals surface area contributed by atoms with Gasteiger partial charge in [0.1, 0.15) is 24.2 Å². The van der Waals surface area contributed by atoms with Crippen molar-refractivity contribution in [3.8, 4) is 0 Å². The van der Waals surface area contributed by atoms with E-state index in [2.05, 4.69) is 31.9 Å². The van der Waals surface area contributed by atoms with E-state index in [1.54, 1.807) is 13.8 Å². The van der Waals surface area contributed by atoms with Crippen molar-refractivity contribution >= 4 is 47.3 Å². The largest absolute Gasteiger partial charge is 0.481 e. The van der Waals surface area contributed by atoms with Gasteiger partial charge in [-0.1, -0.05) is 13.8 Å². The minimum Gasteiger partial charge on any atom is -0.481 e. The third-order valence-corrected chi connectivity index (χ3v) is 5.96. The summed E-state index contributed by atoms with van der Waals surface area (Å²) in [5.41, 5.74) is 7.48. The van der Waals surface area contributed by atoms with Crippen LogP contribution in [0.15, 0.2) is 0 Å². The van der Waals surface area contributed by atoms with E-state index < -0.39 is 97.6 Å². The maximum absolute atomic E-state index is 12.9. The molecule has 0 spiro atoms. The molecule has 0 aromatic heterocycles. The van der Waals surface area contributed by atoms with Crippen LogP contribution in [0.1, 0.15) is 52.9 Å². The van der Waals surface area contributed by atoms with Gasteiger partial charge in [-0.25, -0.2) is 5.48 Å². The van der Waals surface area contributed by atoms with Crippen molar-refractivity contribution in [3.63, 3.8) is 0 Å². The number of carboxylic acid groups (broad SMARTS) is 1. The fourth-order valence-corrected chi connectivity index (χ4v) is 3.80. The van der Waals surface area contributed by atoms with E-state index in [0.29, 0.717) is 19.4 Å². The van der Waals surface area contributed by atoms with Crippen molar-refractivity contribution in [3.05, 3.63) is 0 Å². The third kappa shape index (κ3) is 14.9. The quantitative estimate of drug-likeness (QED) is 0.118. The van der Waals surface area contributed by atoms with Gasteiger partial charge in [0.2, 0.25) is 35.4 Å². The third-order valence-electron chi connectivity index (χ3n) is 5.96. The molecule has 4 atom stereocenters. The minimum absolute atomic E-state index is 0.0646. The van der Waals surface area contributed by atoms with Gasteiger partial charge in [-0.15, -0.1) is 0 Å². The number of carbonyl (C=O) groups is 8. The number of amides is 7. The van der Waals surface area contributed by atoms with Gasteiger partial charge in [-0.05, 0) is 45.1 Å². The maximum Gasteiger partial charge on any atom is 0.305 e. The van der Waals surface area contributed by atoms with E-state index in [0.717, 1.165) is 0 Å². The average molecular weight is 615 g/mol. The van der Waals surface area contributed by atoms with Crippen LogP contribution in [0.3, 0.4) is 0 Å². The minimum atomic E-state index is -1.60. The first-order chi connectivity index (χ1) is 20.2. The van der Waals surface area contributed by atoms with Crippen LogP contribution in [0.2, 0.25) is 0 Å². The van der Waals surface area contributed by atoms with Gasteiger partial charge in [0.15, 0.2) is 6.61 Å². The lowest BCUT2D eigenvalue weighted by molar-refractivity contribution is -0.144. The fraction of sp³-hybridized carbons (Fsp3) is 0.680. The molecule has 7 amide bonds. The van der Waals surface area contributed by atoms with Gasteiger partial charge in [-0.3, -0.25) is 43.2 Å². The average Bonchev–Trinajstić information content (AvgIpc) is 2.92. The first kappa shape index (κ1) is 36.7. The molecule has 1 fully saturated rings. The molecule has 1 saturated heterocycles. The van der Waals surface area contributed by atoms with Gasteiger partial charge in [0.25, 0.3) is 5.91 Å². The molecule has 0 aromatic carbocycles. The molecule has 4 unspecified atom stereocenters. The Balaban J connectivity index is 3.17. The van der Waals surface area contributed by atoms with Gasteiger partial charge in [-0.2, -0.15) is 0 Å². The molecule has 10 N–H and O–H groups in total. The maximum atomic E-state index is 12.9. The standard InChI is InChI=1S/C25H42N8O10/c1-13(2)8-16-23(40)27-10-18(34)30-15(6-4-5-7-26)25(42)29-14(3)22(39)33-43-12-20(36)32-17(9-21(37)38)24(41)28-11-19(35)31-16/h13-17H,4-12,26H2,1-3H3,(H,27,40)(H,28,41)(H,29,42)(H,30,34)(H,31,35)(H,32,36)(H,33,39)(H,37,38). The number of nitrogens with one attached hydrogen (secondary N) is 7. The Morgan fingerprint density at radius 3 is 1.93 bits per heavy atom. The van der Waals surface area contributed by atoms with E-state index in [1.807, 2.05) is 5.48 Å². The van der Waals surface area contributed by atoms with Gasteiger partial charge in [0, 0.05) is 0 Å². The Kier molecular flexibility index (Phi) is 16.2. The van der Waals surface area contributed by atoms with Crippen molar-refractivity contribution < 1.29 is 48.3 Å². The number of hydrogen-bond acceptors (Lipinski definition) is 10. The summed E-state index contributed by atoms with van der Waals surface area (Å²) in [6.07, 6.45) is 0.564. The molecule has 0 bridgehead atoms. The Labute approximate surface area is 248 Å². The molecular weight excluding hydrogens is 572 g/mol. The van der Waals surface area contributed by atoms with Crippen LogP contribution in [-0.4, -0.2) is 103 Å². The van der Waals surface area contributed by atoms with Crippen molar-refractivity contribution in [2.45, 2.75) is 77.0 Å². The van der Waals surface area contributed by atoms with Gasteiger partial charge in [0.05, 0.1) is 19.5 Å². The number of carboxylic acids is 1. The molecule has 18 heteroatoms. The number of aliphatic carboxylic acids is 1. The second kappa shape index (κ2) is 19.0. The molecule has 0 radical (unpaired) electrons. The van der Waals surface area contributed by atoms with Crippen LogP contribution in [0, 0.1) is 5.92 Å². The zero-order valence-corrected chi connectivity index (χ0v) is 24.4. The summed E-state index contributed by atoms with van der Waals surface area (Å²) in [5, 5.41) is 23.3. The highest BCUT2D eigenvalue weighted by atomic mass is 16.7. The van der Waals surface area contributed by atoms with Crippen LogP contribution in [0.5, 0.6) is 0 Å². The zero-order valence-electron chi connectivity index (χ0n) is 24.4. The summed E-state index contributed by atoms with van der Waals surface area (Å²) in [7, 11) is 0. The fourth-order valence-electron chi connectivity index (χ4n) is 3.80. The van der Waals surface area contributed by atoms with Crippen LogP contribution in [-0.2, 0) is 43.2 Å². The second-order valence-corrected chi connectivity index (χ2v) is 10.3. The lowest BCUT2D eigenvalue weighted by Crippen LogP contribution is -2.56. The van der Waals surface area contributed by atoms with Crippen LogP contribution < -0.4 is 43.1 Å². The molecule has 1 aliphatic rings. The van der Waals surface area contributed by atoms with Crippen LogP contribution in [0.4, 0.5) is 0 Å². The highest BCUT2D eigenvalue weighted by molar-refractivity contribution is 5.96. The molecule has 0 aromatic rings. The smallest absolute Gasteiger partial charge is 0.305 e. The van der Waals surface area contributed by atoms with Gasteiger partial charge >= 0.3 is 5.97 Å². The molecule has 242 valence electrons. The Bertz CT molecular complexity index is 1040. The Morgan fingerprint density at radius 2 is 1.37 bits per heavy atom. The Morgan fingerprint density at radius 1 is 0.814 bits per heavy atom. The lowest BCUT2D eigenvalue weighted by Gasteiger charge is -2.23. The predicted molar refractivity (Wildman–Crippen MR) is 148 cm³/mol. The molecule has 18 nitrogen and oxygen atoms in total. The SMILES string of the molecule is CC(C)CC1NC(=O)CNC(=O)C(CC(=O)O)NC(=O)CONC(=O)C(C)NC(=O)C(CCCCN)NC(=O)CNC1=O. The Hall–Kier alpha value is -4.32. The molecule has 0 aliphatic carbocycles. The van der Waals surface area contributed by atoms with Crippen molar-refractivity contribution in [2.24, 2.45) is 11.7 Å². The molecule has 0 saturated carbocycles. The number of rotatable bonds is 8. The number of nitrogens with two attached hydrogens (primary N) is 1. The number of carbonyl (C=O) groups excluding carboxylic acids is 7. The topological polar surface area (TPSA) is 276 Å². The number of unbranched alkanes of at least 4 members (excludes halogenated alkanes) is 1. The summed E-state index contributed by atoms with van der Waals surface area (Å²) in [5.74, 6) is -7.22. The molecule has 1 aliphatic heterocycles. The zero-order chi connectivity index (χ0) is 32.5. The van der Waals surface area contributed by atoms with E-state index in [-0.39, 0.29) is 18.8 Å². The summed E-state index contributed by atoms with van der Waals surface area (Å²) in [6.45, 7) is 3.27. The highest BCUT2D eigenvalue weighted by Gasteiger charge is 2.28. The van der Waals surface area contributed by atoms with E-state index in [1.165, 1.54) is 6.92 Å². The predicted octanol–water partition coefficient (Wildman–Crippen LogP) is -4.11. The molecule has 1 heterocycles. The second-order valence-electron chi connectivity index (χ2n) is 10.3. The first-order valence-electron chi connectivity index (χ1n) is 13.8. The van der Waals surface area contributed by atoms with Crippen LogP contribution >= 0.6 is 0 Å². The summed E-state index contributed by atoms with van der Waals surface area (Å²) in [4.78, 5) is 104. The van der Waals surface area contributed by atoms with Crippen molar-refractivity contribution in [1.82, 2.24) is 37.4 Å². The van der Waals surface area contributed by atoms with Crippen LogP contribution in [0.25, 0.3) is 0 Å². The molecule has 43 heavy (non-hydrogen) atoms. The summed E-state index contributed by atoms with van der Waals surface area (Å²) >= 11 is 0. The van der Waals surface area contributed by atoms with Gasteiger partial charge < -0.3 is 42.7 Å².